The smallest absolute Gasteiger partial charge is 0.271 e. The summed E-state index contributed by atoms with van der Waals surface area (Å²) < 4.78 is 27.4. The summed E-state index contributed by atoms with van der Waals surface area (Å²) in [5.41, 5.74) is 2.74. The fourth-order valence-electron chi connectivity index (χ4n) is 3.20. The van der Waals surface area contributed by atoms with E-state index in [0.29, 0.717) is 22.5 Å². The summed E-state index contributed by atoms with van der Waals surface area (Å²) in [5.74, 6) is -0.362. The molecule has 8 heteroatoms. The Bertz CT molecular complexity index is 1370. The van der Waals surface area contributed by atoms with Gasteiger partial charge in [0.05, 0.1) is 6.42 Å². The van der Waals surface area contributed by atoms with Crippen molar-refractivity contribution in [3.05, 3.63) is 113 Å². The zero-order valence-corrected chi connectivity index (χ0v) is 19.0. The number of carbonyl (C=O) groups is 2. The standard InChI is InChI=1S/C25H20N2O4S2/c28-23(26-22-9-4-8-20(17-22)25(29)19-6-2-1-3-7-19)16-18-11-13-21(14-12-18)27-33(30,31)24-10-5-15-32-24/h1-15,17,27H,16H2,(H,26,28). The maximum Gasteiger partial charge on any atom is 0.271 e. The molecule has 0 radical (unpaired) electrons. The average Bonchev–Trinajstić information content (AvgIpc) is 3.37. The van der Waals surface area contributed by atoms with Gasteiger partial charge in [0.2, 0.25) is 5.91 Å². The van der Waals surface area contributed by atoms with Crippen molar-refractivity contribution in [2.45, 2.75) is 10.6 Å². The number of benzene rings is 3. The third kappa shape index (κ3) is 5.74. The van der Waals surface area contributed by atoms with Crippen LogP contribution in [0.2, 0.25) is 0 Å². The van der Waals surface area contributed by atoms with Crippen molar-refractivity contribution in [1.29, 1.82) is 0 Å². The van der Waals surface area contributed by atoms with E-state index in [1.165, 1.54) is 6.07 Å². The second-order valence-electron chi connectivity index (χ2n) is 7.24. The minimum Gasteiger partial charge on any atom is -0.326 e. The molecule has 0 saturated carbocycles. The molecule has 166 valence electrons. The monoisotopic (exact) mass is 476 g/mol. The van der Waals surface area contributed by atoms with Crippen molar-refractivity contribution in [3.63, 3.8) is 0 Å². The quantitative estimate of drug-likeness (QED) is 0.352. The highest BCUT2D eigenvalue weighted by Gasteiger charge is 2.15. The SMILES string of the molecule is O=C(Cc1ccc(NS(=O)(=O)c2cccs2)cc1)Nc1cccc(C(=O)c2ccccc2)c1. The van der Waals surface area contributed by atoms with Crippen LogP contribution in [0.25, 0.3) is 0 Å². The third-order valence-corrected chi connectivity index (χ3v) is 7.55. The van der Waals surface area contributed by atoms with Crippen molar-refractivity contribution in [2.75, 3.05) is 10.0 Å². The number of nitrogens with one attached hydrogen (secondary N) is 2. The third-order valence-electron chi connectivity index (χ3n) is 4.78. The van der Waals surface area contributed by atoms with Gasteiger partial charge in [-0.2, -0.15) is 0 Å². The van der Waals surface area contributed by atoms with Crippen LogP contribution in [0, 0.1) is 0 Å². The summed E-state index contributed by atoms with van der Waals surface area (Å²) in [4.78, 5) is 25.1. The van der Waals surface area contributed by atoms with Gasteiger partial charge in [-0.15, -0.1) is 11.3 Å². The van der Waals surface area contributed by atoms with Gasteiger partial charge in [0.25, 0.3) is 10.0 Å². The average molecular weight is 477 g/mol. The molecular weight excluding hydrogens is 456 g/mol. The number of hydrogen-bond acceptors (Lipinski definition) is 5. The lowest BCUT2D eigenvalue weighted by Gasteiger charge is -2.09. The van der Waals surface area contributed by atoms with E-state index in [-0.39, 0.29) is 22.3 Å². The van der Waals surface area contributed by atoms with Crippen molar-refractivity contribution >= 4 is 44.4 Å². The van der Waals surface area contributed by atoms with Crippen LogP contribution < -0.4 is 10.0 Å². The molecule has 4 rings (SSSR count). The highest BCUT2D eigenvalue weighted by molar-refractivity contribution is 7.94. The predicted octanol–water partition coefficient (Wildman–Crippen LogP) is 4.96. The minimum absolute atomic E-state index is 0.106. The summed E-state index contributed by atoms with van der Waals surface area (Å²) in [6, 6.07) is 25.6. The second-order valence-corrected chi connectivity index (χ2v) is 10.1. The maximum atomic E-state index is 12.6. The Labute approximate surface area is 196 Å². The molecule has 3 aromatic carbocycles. The highest BCUT2D eigenvalue weighted by Crippen LogP contribution is 2.21. The number of amides is 1. The molecule has 6 nitrogen and oxygen atoms in total. The molecule has 0 aliphatic carbocycles. The number of sulfonamides is 1. The Morgan fingerprint density at radius 3 is 2.18 bits per heavy atom. The lowest BCUT2D eigenvalue weighted by atomic mass is 10.0. The molecule has 0 atom stereocenters. The zero-order valence-electron chi connectivity index (χ0n) is 17.4. The summed E-state index contributed by atoms with van der Waals surface area (Å²) in [5, 5.41) is 4.51. The highest BCUT2D eigenvalue weighted by atomic mass is 32.2. The first-order valence-electron chi connectivity index (χ1n) is 10.1. The molecule has 0 fully saturated rings. The number of carbonyl (C=O) groups excluding carboxylic acids is 2. The second kappa shape index (κ2) is 9.81. The van der Waals surface area contributed by atoms with E-state index in [1.807, 2.05) is 6.07 Å². The molecule has 0 saturated heterocycles. The molecular formula is C25H20N2O4S2. The molecule has 0 aliphatic rings. The number of rotatable bonds is 8. The Morgan fingerprint density at radius 1 is 0.758 bits per heavy atom. The van der Waals surface area contributed by atoms with Gasteiger partial charge in [-0.1, -0.05) is 60.7 Å². The Morgan fingerprint density at radius 2 is 1.48 bits per heavy atom. The first-order chi connectivity index (χ1) is 15.9. The van der Waals surface area contributed by atoms with Crippen molar-refractivity contribution in [3.8, 4) is 0 Å². The van der Waals surface area contributed by atoms with Crippen LogP contribution >= 0.6 is 11.3 Å². The van der Waals surface area contributed by atoms with Crippen LogP contribution in [-0.4, -0.2) is 20.1 Å². The molecule has 0 spiro atoms. The van der Waals surface area contributed by atoms with Crippen LogP contribution in [-0.2, 0) is 21.2 Å². The van der Waals surface area contributed by atoms with Crippen LogP contribution in [0.15, 0.2) is 101 Å². The van der Waals surface area contributed by atoms with Gasteiger partial charge in [0.15, 0.2) is 5.78 Å². The Balaban J connectivity index is 1.38. The predicted molar refractivity (Wildman–Crippen MR) is 130 cm³/mol. The molecule has 0 bridgehead atoms. The van der Waals surface area contributed by atoms with Crippen LogP contribution in [0.4, 0.5) is 11.4 Å². The fraction of sp³-hybridized carbons (Fsp3) is 0.0400. The first-order valence-corrected chi connectivity index (χ1v) is 12.4. The van der Waals surface area contributed by atoms with Crippen molar-refractivity contribution in [2.24, 2.45) is 0 Å². The van der Waals surface area contributed by atoms with Gasteiger partial charge >= 0.3 is 0 Å². The summed E-state index contributed by atoms with van der Waals surface area (Å²) >= 11 is 1.14. The lowest BCUT2D eigenvalue weighted by molar-refractivity contribution is -0.115. The van der Waals surface area contributed by atoms with E-state index >= 15 is 0 Å². The first kappa shape index (κ1) is 22.4. The Hall–Kier alpha value is -3.75. The van der Waals surface area contributed by atoms with E-state index in [1.54, 1.807) is 84.2 Å². The van der Waals surface area contributed by atoms with E-state index in [9.17, 15) is 18.0 Å². The number of anilines is 2. The molecule has 1 aromatic heterocycles. The molecule has 33 heavy (non-hydrogen) atoms. The van der Waals surface area contributed by atoms with E-state index in [4.69, 9.17) is 0 Å². The van der Waals surface area contributed by atoms with Gasteiger partial charge < -0.3 is 5.32 Å². The summed E-state index contributed by atoms with van der Waals surface area (Å²) in [6.45, 7) is 0. The lowest BCUT2D eigenvalue weighted by Crippen LogP contribution is -2.15. The van der Waals surface area contributed by atoms with Gasteiger partial charge in [-0.05, 0) is 41.3 Å². The van der Waals surface area contributed by atoms with Crippen molar-refractivity contribution in [1.82, 2.24) is 0 Å². The van der Waals surface area contributed by atoms with E-state index < -0.39 is 10.0 Å². The molecule has 4 aromatic rings. The molecule has 0 unspecified atom stereocenters. The molecule has 1 amide bonds. The van der Waals surface area contributed by atoms with Gasteiger partial charge in [-0.3, -0.25) is 14.3 Å². The largest absolute Gasteiger partial charge is 0.326 e. The molecule has 2 N–H and O–H groups in total. The van der Waals surface area contributed by atoms with Crippen molar-refractivity contribution < 1.29 is 18.0 Å². The van der Waals surface area contributed by atoms with Gasteiger partial charge in [0.1, 0.15) is 4.21 Å². The topological polar surface area (TPSA) is 92.3 Å². The Kier molecular flexibility index (Phi) is 6.67. The van der Waals surface area contributed by atoms with Gasteiger partial charge in [-0.25, -0.2) is 8.42 Å². The number of thiophene rings is 1. The summed E-state index contributed by atoms with van der Waals surface area (Å²) in [6.07, 6.45) is 0.106. The normalized spacial score (nSPS) is 11.0. The zero-order chi connectivity index (χ0) is 23.3. The maximum absolute atomic E-state index is 12.6. The van der Waals surface area contributed by atoms with Crippen LogP contribution in [0.3, 0.4) is 0 Å². The number of hydrogen-bond donors (Lipinski definition) is 2. The fourth-order valence-corrected chi connectivity index (χ4v) is 5.25. The molecule has 0 aliphatic heterocycles. The van der Waals surface area contributed by atoms with E-state index in [0.717, 1.165) is 16.9 Å². The van der Waals surface area contributed by atoms with Crippen LogP contribution in [0.5, 0.6) is 0 Å². The molecule has 1 heterocycles. The van der Waals surface area contributed by atoms with Gasteiger partial charge in [0, 0.05) is 22.5 Å². The van der Waals surface area contributed by atoms with Crippen LogP contribution in [0.1, 0.15) is 21.5 Å². The number of ketones is 1. The minimum atomic E-state index is -3.62. The van der Waals surface area contributed by atoms with E-state index in [2.05, 4.69) is 10.0 Å². The summed E-state index contributed by atoms with van der Waals surface area (Å²) in [7, 11) is -3.62.